The standard InChI is InChI=1S/C16H25ClN2O/c1-4-19(7-6-18-12(2)3)11-14-10-15(17)9-13-5-8-20-16(13)14/h9-10,12,18H,4-8,11H2,1-3H3. The van der Waals surface area contributed by atoms with Gasteiger partial charge in [0.15, 0.2) is 0 Å². The zero-order valence-electron chi connectivity index (χ0n) is 12.7. The van der Waals surface area contributed by atoms with Crippen LogP contribution in [-0.4, -0.2) is 37.2 Å². The van der Waals surface area contributed by atoms with Crippen LogP contribution < -0.4 is 10.1 Å². The van der Waals surface area contributed by atoms with Crippen LogP contribution in [0.3, 0.4) is 0 Å². The van der Waals surface area contributed by atoms with E-state index in [1.54, 1.807) is 0 Å². The molecular weight excluding hydrogens is 272 g/mol. The van der Waals surface area contributed by atoms with E-state index in [0.717, 1.165) is 50.0 Å². The molecule has 0 saturated heterocycles. The second-order valence-corrected chi connectivity index (χ2v) is 6.07. The fourth-order valence-electron chi connectivity index (χ4n) is 2.56. The number of nitrogens with one attached hydrogen (secondary N) is 1. The third kappa shape index (κ3) is 4.11. The largest absolute Gasteiger partial charge is 0.493 e. The first-order valence-corrected chi connectivity index (χ1v) is 7.87. The first kappa shape index (κ1) is 15.6. The molecule has 20 heavy (non-hydrogen) atoms. The van der Waals surface area contributed by atoms with Crippen molar-refractivity contribution >= 4 is 11.6 Å². The van der Waals surface area contributed by atoms with Crippen molar-refractivity contribution in [1.82, 2.24) is 10.2 Å². The molecule has 0 fully saturated rings. The average Bonchev–Trinajstić information content (AvgIpc) is 2.85. The number of nitrogens with zero attached hydrogens (tertiary/aromatic N) is 1. The van der Waals surface area contributed by atoms with Gasteiger partial charge in [-0.3, -0.25) is 4.90 Å². The predicted molar refractivity (Wildman–Crippen MR) is 84.7 cm³/mol. The Hall–Kier alpha value is -0.770. The summed E-state index contributed by atoms with van der Waals surface area (Å²) in [5, 5.41) is 4.28. The van der Waals surface area contributed by atoms with E-state index in [1.165, 1.54) is 11.1 Å². The lowest BCUT2D eigenvalue weighted by Crippen LogP contribution is -2.34. The molecule has 0 amide bonds. The summed E-state index contributed by atoms with van der Waals surface area (Å²) in [6, 6.07) is 4.61. The Kier molecular flexibility index (Phi) is 5.70. The van der Waals surface area contributed by atoms with E-state index >= 15 is 0 Å². The zero-order valence-corrected chi connectivity index (χ0v) is 13.5. The smallest absolute Gasteiger partial charge is 0.127 e. The van der Waals surface area contributed by atoms with E-state index in [2.05, 4.69) is 31.0 Å². The highest BCUT2D eigenvalue weighted by molar-refractivity contribution is 6.30. The zero-order chi connectivity index (χ0) is 14.5. The molecule has 1 aromatic rings. The molecule has 1 aliphatic heterocycles. The van der Waals surface area contributed by atoms with Crippen LogP contribution in [0.5, 0.6) is 5.75 Å². The van der Waals surface area contributed by atoms with Gasteiger partial charge in [-0.05, 0) is 24.2 Å². The van der Waals surface area contributed by atoms with Crippen LogP contribution in [0, 0.1) is 0 Å². The van der Waals surface area contributed by atoms with Crippen LogP contribution in [0.1, 0.15) is 31.9 Å². The first-order chi connectivity index (χ1) is 9.60. The van der Waals surface area contributed by atoms with E-state index in [9.17, 15) is 0 Å². The molecule has 3 nitrogen and oxygen atoms in total. The fourth-order valence-corrected chi connectivity index (χ4v) is 2.83. The minimum atomic E-state index is 0.535. The Morgan fingerprint density at radius 1 is 1.40 bits per heavy atom. The highest BCUT2D eigenvalue weighted by Gasteiger charge is 2.18. The van der Waals surface area contributed by atoms with E-state index in [1.807, 2.05) is 12.1 Å². The van der Waals surface area contributed by atoms with E-state index in [0.29, 0.717) is 6.04 Å². The van der Waals surface area contributed by atoms with Crippen molar-refractivity contribution in [2.24, 2.45) is 0 Å². The number of hydrogen-bond donors (Lipinski definition) is 1. The van der Waals surface area contributed by atoms with Gasteiger partial charge in [0.2, 0.25) is 0 Å². The van der Waals surface area contributed by atoms with Crippen molar-refractivity contribution in [2.75, 3.05) is 26.2 Å². The highest BCUT2D eigenvalue weighted by atomic mass is 35.5. The molecular formula is C16H25ClN2O. The van der Waals surface area contributed by atoms with Crippen molar-refractivity contribution in [1.29, 1.82) is 0 Å². The van der Waals surface area contributed by atoms with Gasteiger partial charge < -0.3 is 10.1 Å². The molecule has 1 heterocycles. The molecule has 0 aromatic heterocycles. The maximum Gasteiger partial charge on any atom is 0.127 e. The summed E-state index contributed by atoms with van der Waals surface area (Å²) in [6.45, 7) is 11.3. The molecule has 0 bridgehead atoms. The molecule has 0 spiro atoms. The number of ether oxygens (including phenoxy) is 1. The van der Waals surface area contributed by atoms with Crippen molar-refractivity contribution in [3.63, 3.8) is 0 Å². The number of rotatable bonds is 7. The Morgan fingerprint density at radius 2 is 2.20 bits per heavy atom. The van der Waals surface area contributed by atoms with Crippen molar-refractivity contribution in [3.8, 4) is 5.75 Å². The lowest BCUT2D eigenvalue weighted by Gasteiger charge is -2.22. The van der Waals surface area contributed by atoms with Gasteiger partial charge in [0.1, 0.15) is 5.75 Å². The fraction of sp³-hybridized carbons (Fsp3) is 0.625. The van der Waals surface area contributed by atoms with Gasteiger partial charge in [0.25, 0.3) is 0 Å². The first-order valence-electron chi connectivity index (χ1n) is 7.50. The van der Waals surface area contributed by atoms with Crippen LogP contribution in [-0.2, 0) is 13.0 Å². The van der Waals surface area contributed by atoms with Crippen molar-refractivity contribution in [2.45, 2.75) is 39.8 Å². The summed E-state index contributed by atoms with van der Waals surface area (Å²) >= 11 is 6.21. The molecule has 0 unspecified atom stereocenters. The van der Waals surface area contributed by atoms with Crippen LogP contribution in [0.15, 0.2) is 12.1 Å². The maximum absolute atomic E-state index is 6.21. The summed E-state index contributed by atoms with van der Waals surface area (Å²) in [4.78, 5) is 2.42. The molecule has 0 aliphatic carbocycles. The molecule has 2 rings (SSSR count). The number of fused-ring (bicyclic) bond motifs is 1. The molecule has 1 aromatic carbocycles. The van der Waals surface area contributed by atoms with Gasteiger partial charge in [-0.2, -0.15) is 0 Å². The minimum Gasteiger partial charge on any atom is -0.493 e. The SMILES string of the molecule is CCN(CCNC(C)C)Cc1cc(Cl)cc2c1OCC2. The molecule has 0 saturated carbocycles. The Labute approximate surface area is 127 Å². The van der Waals surface area contributed by atoms with Gasteiger partial charge in [-0.25, -0.2) is 0 Å². The van der Waals surface area contributed by atoms with Gasteiger partial charge in [0, 0.05) is 42.7 Å². The molecule has 0 radical (unpaired) electrons. The van der Waals surface area contributed by atoms with Crippen LogP contribution in [0.4, 0.5) is 0 Å². The summed E-state index contributed by atoms with van der Waals surface area (Å²) in [7, 11) is 0. The Bertz CT molecular complexity index is 448. The monoisotopic (exact) mass is 296 g/mol. The molecule has 112 valence electrons. The van der Waals surface area contributed by atoms with E-state index in [-0.39, 0.29) is 0 Å². The highest BCUT2D eigenvalue weighted by Crippen LogP contribution is 2.33. The van der Waals surface area contributed by atoms with Crippen LogP contribution in [0.25, 0.3) is 0 Å². The number of hydrogen-bond acceptors (Lipinski definition) is 3. The molecule has 0 atom stereocenters. The lowest BCUT2D eigenvalue weighted by molar-refractivity contribution is 0.269. The third-order valence-corrected chi connectivity index (χ3v) is 3.87. The van der Waals surface area contributed by atoms with Crippen molar-refractivity contribution in [3.05, 3.63) is 28.3 Å². The Morgan fingerprint density at radius 3 is 2.90 bits per heavy atom. The summed E-state index contributed by atoms with van der Waals surface area (Å²) in [5.74, 6) is 1.06. The summed E-state index contributed by atoms with van der Waals surface area (Å²) in [5.41, 5.74) is 2.47. The second kappa shape index (κ2) is 7.30. The Balaban J connectivity index is 2.00. The molecule has 4 heteroatoms. The third-order valence-electron chi connectivity index (χ3n) is 3.65. The maximum atomic E-state index is 6.21. The second-order valence-electron chi connectivity index (χ2n) is 5.63. The predicted octanol–water partition coefficient (Wildman–Crippen LogP) is 3.09. The van der Waals surface area contributed by atoms with Crippen molar-refractivity contribution < 1.29 is 4.74 Å². The van der Waals surface area contributed by atoms with Crippen LogP contribution >= 0.6 is 11.6 Å². The molecule has 1 N–H and O–H groups in total. The molecule has 1 aliphatic rings. The van der Waals surface area contributed by atoms with Gasteiger partial charge in [0.05, 0.1) is 6.61 Å². The van der Waals surface area contributed by atoms with Crippen LogP contribution in [0.2, 0.25) is 5.02 Å². The lowest BCUT2D eigenvalue weighted by atomic mass is 10.1. The topological polar surface area (TPSA) is 24.5 Å². The summed E-state index contributed by atoms with van der Waals surface area (Å²) < 4.78 is 5.77. The quantitative estimate of drug-likeness (QED) is 0.837. The van der Waals surface area contributed by atoms with E-state index in [4.69, 9.17) is 16.3 Å². The summed E-state index contributed by atoms with van der Waals surface area (Å²) in [6.07, 6.45) is 0.976. The minimum absolute atomic E-state index is 0.535. The van der Waals surface area contributed by atoms with Gasteiger partial charge in [-0.15, -0.1) is 0 Å². The number of halogens is 1. The van der Waals surface area contributed by atoms with Gasteiger partial charge in [-0.1, -0.05) is 32.4 Å². The number of likely N-dealkylation sites (N-methyl/N-ethyl adjacent to an activating group) is 1. The number of benzene rings is 1. The van der Waals surface area contributed by atoms with Gasteiger partial charge >= 0.3 is 0 Å². The van der Waals surface area contributed by atoms with E-state index < -0.39 is 0 Å². The average molecular weight is 297 g/mol. The normalized spacial score (nSPS) is 13.9.